The number of Topliss-reactive ketones (excluding diaryl/α,β-unsaturated/α-hetero) is 1. The quantitative estimate of drug-likeness (QED) is 0.254. The van der Waals surface area contributed by atoms with E-state index in [4.69, 9.17) is 23.2 Å². The highest BCUT2D eigenvalue weighted by molar-refractivity contribution is 6.35. The lowest BCUT2D eigenvalue weighted by Gasteiger charge is -2.41. The van der Waals surface area contributed by atoms with Crippen molar-refractivity contribution in [2.45, 2.75) is 60.4 Å². The summed E-state index contributed by atoms with van der Waals surface area (Å²) >= 11 is 12.7. The minimum absolute atomic E-state index is 0.145. The van der Waals surface area contributed by atoms with Gasteiger partial charge >= 0.3 is 0 Å². The number of amides is 1. The number of hydrogen-bond donors (Lipinski definition) is 0. The second-order valence-corrected chi connectivity index (χ2v) is 12.9. The minimum Gasteiger partial charge on any atom is -0.367 e. The fourth-order valence-corrected chi connectivity index (χ4v) is 5.87. The topological polar surface area (TPSA) is 43.9 Å². The molecule has 0 unspecified atom stereocenters. The first kappa shape index (κ1) is 31.4. The van der Waals surface area contributed by atoms with Gasteiger partial charge in [0.25, 0.3) is 0 Å². The van der Waals surface area contributed by atoms with E-state index in [-0.39, 0.29) is 17.7 Å². The van der Waals surface area contributed by atoms with Crippen LogP contribution < -0.4 is 4.90 Å². The van der Waals surface area contributed by atoms with Crippen molar-refractivity contribution in [1.29, 1.82) is 0 Å². The maximum atomic E-state index is 14.2. The summed E-state index contributed by atoms with van der Waals surface area (Å²) in [6, 6.07) is 13.1. The zero-order valence-corrected chi connectivity index (χ0v) is 25.9. The molecule has 214 valence electrons. The predicted octanol–water partition coefficient (Wildman–Crippen LogP) is 7.10. The number of para-hydroxylation sites is 1. The average molecular weight is 575 g/mol. The van der Waals surface area contributed by atoms with Crippen molar-refractivity contribution in [1.82, 2.24) is 9.80 Å². The summed E-state index contributed by atoms with van der Waals surface area (Å²) in [4.78, 5) is 33.7. The first-order valence-electron chi connectivity index (χ1n) is 14.3. The molecule has 1 aliphatic heterocycles. The monoisotopic (exact) mass is 573 g/mol. The molecule has 0 aromatic heterocycles. The number of ketones is 1. The second kappa shape index (κ2) is 14.5. The van der Waals surface area contributed by atoms with Crippen molar-refractivity contribution in [3.8, 4) is 0 Å². The van der Waals surface area contributed by atoms with E-state index in [0.29, 0.717) is 66.8 Å². The predicted molar refractivity (Wildman–Crippen MR) is 164 cm³/mol. The Morgan fingerprint density at radius 3 is 2.03 bits per heavy atom. The van der Waals surface area contributed by atoms with Crippen LogP contribution in [0.15, 0.2) is 42.5 Å². The molecular weight excluding hydrogens is 529 g/mol. The highest BCUT2D eigenvalue weighted by atomic mass is 35.5. The summed E-state index contributed by atoms with van der Waals surface area (Å²) < 4.78 is 0. The van der Waals surface area contributed by atoms with Gasteiger partial charge in [-0.2, -0.15) is 0 Å². The normalized spacial score (nSPS) is 15.1. The van der Waals surface area contributed by atoms with Gasteiger partial charge in [0, 0.05) is 67.0 Å². The van der Waals surface area contributed by atoms with E-state index in [1.165, 1.54) is 0 Å². The van der Waals surface area contributed by atoms with Crippen LogP contribution in [0.1, 0.15) is 63.9 Å². The third-order valence-electron chi connectivity index (χ3n) is 7.08. The molecule has 7 heteroatoms. The number of benzene rings is 2. The standard InChI is InChI=1S/C32H45Cl2N3O2/c1-22(2)17-31(38)27-9-7-8-10-29(27)35-13-15-36(16-14-35)32(39)30(37(20-23(3)4)21-24(5)6)18-25-11-12-26(33)19-28(25)34/h7-12,19,22-24,30H,13-18,20-21H2,1-6H3/t30-/m1/s1. The molecule has 0 aliphatic carbocycles. The van der Waals surface area contributed by atoms with Crippen LogP contribution in [-0.4, -0.2) is 66.8 Å². The van der Waals surface area contributed by atoms with Crippen LogP contribution in [0.3, 0.4) is 0 Å². The van der Waals surface area contributed by atoms with Crippen LogP contribution in [0.4, 0.5) is 5.69 Å². The van der Waals surface area contributed by atoms with Gasteiger partial charge in [-0.1, -0.05) is 82.9 Å². The summed E-state index contributed by atoms with van der Waals surface area (Å²) in [7, 11) is 0. The van der Waals surface area contributed by atoms with Crippen LogP contribution >= 0.6 is 23.2 Å². The van der Waals surface area contributed by atoms with Gasteiger partial charge in [0.05, 0.1) is 6.04 Å². The Kier molecular flexibility index (Phi) is 11.7. The zero-order chi connectivity index (χ0) is 28.7. The van der Waals surface area contributed by atoms with Gasteiger partial charge in [-0.15, -0.1) is 0 Å². The number of hydrogen-bond acceptors (Lipinski definition) is 4. The maximum Gasteiger partial charge on any atom is 0.240 e. The lowest BCUT2D eigenvalue weighted by molar-refractivity contribution is -0.137. The highest BCUT2D eigenvalue weighted by Gasteiger charge is 2.33. The zero-order valence-electron chi connectivity index (χ0n) is 24.4. The molecule has 1 heterocycles. The molecule has 1 atom stereocenters. The fourth-order valence-electron chi connectivity index (χ4n) is 5.38. The molecule has 0 bridgehead atoms. The fraction of sp³-hybridized carbons (Fsp3) is 0.562. The Balaban J connectivity index is 1.81. The molecule has 2 aromatic rings. The van der Waals surface area contributed by atoms with Crippen LogP contribution in [-0.2, 0) is 11.2 Å². The first-order valence-corrected chi connectivity index (χ1v) is 15.1. The number of halogens is 2. The largest absolute Gasteiger partial charge is 0.367 e. The average Bonchev–Trinajstić information content (AvgIpc) is 2.86. The molecule has 1 fully saturated rings. The van der Waals surface area contributed by atoms with Gasteiger partial charge in [0.1, 0.15) is 0 Å². The smallest absolute Gasteiger partial charge is 0.240 e. The number of carbonyl (C=O) groups excluding carboxylic acids is 2. The molecule has 1 aliphatic rings. The van der Waals surface area contributed by atoms with Crippen LogP contribution in [0.25, 0.3) is 0 Å². The molecule has 0 radical (unpaired) electrons. The van der Waals surface area contributed by atoms with Crippen LogP contribution in [0.2, 0.25) is 10.0 Å². The number of anilines is 1. The lowest BCUT2D eigenvalue weighted by atomic mass is 9.98. The van der Waals surface area contributed by atoms with Crippen molar-refractivity contribution in [2.24, 2.45) is 17.8 Å². The Morgan fingerprint density at radius 2 is 1.46 bits per heavy atom. The van der Waals surface area contributed by atoms with Crippen molar-refractivity contribution >= 4 is 40.6 Å². The van der Waals surface area contributed by atoms with Crippen molar-refractivity contribution in [3.63, 3.8) is 0 Å². The Morgan fingerprint density at radius 1 is 0.846 bits per heavy atom. The summed E-state index contributed by atoms with van der Waals surface area (Å²) in [5.41, 5.74) is 2.69. The third kappa shape index (κ3) is 8.96. The second-order valence-electron chi connectivity index (χ2n) is 12.0. The van der Waals surface area contributed by atoms with E-state index in [1.807, 2.05) is 41.3 Å². The van der Waals surface area contributed by atoms with E-state index in [1.54, 1.807) is 6.07 Å². The Hall–Kier alpha value is -2.08. The molecule has 0 N–H and O–H groups in total. The molecule has 0 spiro atoms. The van der Waals surface area contributed by atoms with E-state index >= 15 is 0 Å². The molecule has 1 saturated heterocycles. The molecule has 3 rings (SSSR count). The van der Waals surface area contributed by atoms with Crippen LogP contribution in [0.5, 0.6) is 0 Å². The van der Waals surface area contributed by atoms with E-state index < -0.39 is 0 Å². The molecule has 1 amide bonds. The first-order chi connectivity index (χ1) is 18.5. The summed E-state index contributed by atoms with van der Waals surface area (Å²) in [6.45, 7) is 17.2. The molecular formula is C32H45Cl2N3O2. The van der Waals surface area contributed by atoms with Crippen molar-refractivity contribution in [2.75, 3.05) is 44.2 Å². The van der Waals surface area contributed by atoms with Gasteiger partial charge < -0.3 is 9.80 Å². The summed E-state index contributed by atoms with van der Waals surface area (Å²) in [5, 5.41) is 1.19. The van der Waals surface area contributed by atoms with E-state index in [0.717, 1.165) is 29.9 Å². The lowest BCUT2D eigenvalue weighted by Crippen LogP contribution is -2.56. The number of piperazine rings is 1. The molecule has 5 nitrogen and oxygen atoms in total. The van der Waals surface area contributed by atoms with Gasteiger partial charge in [0.15, 0.2) is 5.78 Å². The molecule has 39 heavy (non-hydrogen) atoms. The van der Waals surface area contributed by atoms with Gasteiger partial charge in [-0.3, -0.25) is 14.5 Å². The Bertz CT molecular complexity index is 1100. The summed E-state index contributed by atoms with van der Waals surface area (Å²) in [5.74, 6) is 1.49. The van der Waals surface area contributed by atoms with Gasteiger partial charge in [0.2, 0.25) is 5.91 Å². The summed E-state index contributed by atoms with van der Waals surface area (Å²) in [6.07, 6.45) is 1.08. The maximum absolute atomic E-state index is 14.2. The number of nitrogens with zero attached hydrogens (tertiary/aromatic N) is 3. The third-order valence-corrected chi connectivity index (χ3v) is 7.67. The number of rotatable bonds is 12. The van der Waals surface area contributed by atoms with Gasteiger partial charge in [-0.05, 0) is 54.0 Å². The SMILES string of the molecule is CC(C)CC(=O)c1ccccc1N1CCN(C(=O)[C@@H](Cc2ccc(Cl)cc2Cl)N(CC(C)C)CC(C)C)CC1. The Labute approximate surface area is 245 Å². The van der Waals surface area contributed by atoms with Crippen molar-refractivity contribution < 1.29 is 9.59 Å². The highest BCUT2D eigenvalue weighted by Crippen LogP contribution is 2.27. The minimum atomic E-state index is -0.306. The molecule has 0 saturated carbocycles. The van der Waals surface area contributed by atoms with Crippen LogP contribution in [0, 0.1) is 17.8 Å². The number of carbonyl (C=O) groups is 2. The van der Waals surface area contributed by atoms with Gasteiger partial charge in [-0.25, -0.2) is 0 Å². The van der Waals surface area contributed by atoms with Crippen molar-refractivity contribution in [3.05, 3.63) is 63.6 Å². The molecule has 2 aromatic carbocycles. The van der Waals surface area contributed by atoms with E-state index in [2.05, 4.69) is 51.3 Å². The van der Waals surface area contributed by atoms with E-state index in [9.17, 15) is 9.59 Å².